The molecule has 0 radical (unpaired) electrons. The number of carbonyl (C=O) groups is 5. The number of benzene rings is 1. The molecule has 1 aromatic carbocycles. The second-order valence-electron chi connectivity index (χ2n) is 14.3. The van der Waals surface area contributed by atoms with Crippen LogP contribution in [0.3, 0.4) is 0 Å². The Kier molecular flexibility index (Phi) is 18.0. The maximum absolute atomic E-state index is 14.2. The van der Waals surface area contributed by atoms with E-state index in [0.717, 1.165) is 5.56 Å². The van der Waals surface area contributed by atoms with Crippen LogP contribution in [0.5, 0.6) is 0 Å². The summed E-state index contributed by atoms with van der Waals surface area (Å²) in [4.78, 5) is 67.4. The van der Waals surface area contributed by atoms with Gasteiger partial charge in [0.1, 0.15) is 24.7 Å². The van der Waals surface area contributed by atoms with E-state index < -0.39 is 55.2 Å². The van der Waals surface area contributed by atoms with Crippen LogP contribution in [-0.4, -0.2) is 85.4 Å². The van der Waals surface area contributed by atoms with Crippen molar-refractivity contribution in [2.45, 2.75) is 105 Å². The Bertz CT molecular complexity index is 1310. The van der Waals surface area contributed by atoms with Crippen LogP contribution in [-0.2, 0) is 39.6 Å². The van der Waals surface area contributed by atoms with Gasteiger partial charge in [0.05, 0.1) is 12.9 Å². The standard InChI is InChI=1S/C36H60N5O8P/c1-9-49-50(47,22-28(18-24(2)3)32(42)39-29(19-25(4)5)33(43)37-8)23-38-34(44)30(20-26(6)7)40-35(45)31-16-13-17-41(31)36(46)48-21-27-14-11-10-12-15-27/h10-12,14-15,24-26,28-31H,9,13,16-23H2,1-8H3,(H,37,43)(H,38,44)(H,39,42)(H,40,45)/t28-,29+,30+,31-,50?/m1/s1. The van der Waals surface area contributed by atoms with Crippen molar-refractivity contribution in [2.24, 2.45) is 23.7 Å². The van der Waals surface area contributed by atoms with E-state index in [1.807, 2.05) is 71.9 Å². The molecule has 0 aliphatic carbocycles. The van der Waals surface area contributed by atoms with Crippen molar-refractivity contribution in [2.75, 3.05) is 32.6 Å². The van der Waals surface area contributed by atoms with Crippen LogP contribution >= 0.6 is 7.37 Å². The molecular formula is C36H60N5O8P. The molecule has 5 atom stereocenters. The molecule has 4 N–H and O–H groups in total. The number of likely N-dealkylation sites (tertiary alicyclic amines) is 1. The number of ether oxygens (including phenoxy) is 1. The molecule has 0 spiro atoms. The average molecular weight is 722 g/mol. The van der Waals surface area contributed by atoms with Crippen molar-refractivity contribution in [1.29, 1.82) is 0 Å². The first kappa shape index (κ1) is 42.7. The summed E-state index contributed by atoms with van der Waals surface area (Å²) in [6.45, 7) is 13.9. The number of nitrogens with one attached hydrogen (secondary N) is 4. The predicted octanol–water partition coefficient (Wildman–Crippen LogP) is 4.65. The summed E-state index contributed by atoms with van der Waals surface area (Å²) in [5, 5.41) is 11.0. The molecule has 1 heterocycles. The lowest BCUT2D eigenvalue weighted by Crippen LogP contribution is -2.53. The highest BCUT2D eigenvalue weighted by atomic mass is 31.2. The van der Waals surface area contributed by atoms with Gasteiger partial charge in [-0.3, -0.25) is 28.6 Å². The number of rotatable bonds is 20. The average Bonchev–Trinajstić information content (AvgIpc) is 3.55. The first-order valence-corrected chi connectivity index (χ1v) is 19.9. The van der Waals surface area contributed by atoms with Crippen LogP contribution in [0.1, 0.15) is 86.1 Å². The van der Waals surface area contributed by atoms with Gasteiger partial charge in [-0.15, -0.1) is 0 Å². The third kappa shape index (κ3) is 14.4. The maximum atomic E-state index is 14.2. The zero-order chi connectivity index (χ0) is 37.4. The van der Waals surface area contributed by atoms with Crippen LogP contribution in [0.4, 0.5) is 4.79 Å². The van der Waals surface area contributed by atoms with Crippen molar-refractivity contribution >= 4 is 37.1 Å². The number of amides is 5. The fourth-order valence-corrected chi connectivity index (χ4v) is 8.27. The lowest BCUT2D eigenvalue weighted by molar-refractivity contribution is -0.131. The number of nitrogens with zero attached hydrogens (tertiary/aromatic N) is 1. The first-order chi connectivity index (χ1) is 23.6. The summed E-state index contributed by atoms with van der Waals surface area (Å²) in [6.07, 6.45) is 1.13. The van der Waals surface area contributed by atoms with Gasteiger partial charge >= 0.3 is 6.09 Å². The molecule has 5 amide bonds. The molecule has 14 heteroatoms. The smallest absolute Gasteiger partial charge is 0.410 e. The van der Waals surface area contributed by atoms with Gasteiger partial charge in [0.15, 0.2) is 0 Å². The second-order valence-corrected chi connectivity index (χ2v) is 16.9. The van der Waals surface area contributed by atoms with Gasteiger partial charge in [0, 0.05) is 25.7 Å². The number of hydrogen-bond acceptors (Lipinski definition) is 8. The van der Waals surface area contributed by atoms with E-state index in [-0.39, 0.29) is 49.3 Å². The Morgan fingerprint density at radius 3 is 2.02 bits per heavy atom. The van der Waals surface area contributed by atoms with E-state index in [0.29, 0.717) is 38.6 Å². The van der Waals surface area contributed by atoms with Gasteiger partial charge in [-0.25, -0.2) is 4.79 Å². The summed E-state index contributed by atoms with van der Waals surface area (Å²) in [6, 6.07) is 6.76. The normalized spacial score (nSPS) is 17.5. The molecule has 0 aromatic heterocycles. The molecule has 13 nitrogen and oxygen atoms in total. The summed E-state index contributed by atoms with van der Waals surface area (Å²) in [5.41, 5.74) is 0.828. The Morgan fingerprint density at radius 1 is 0.860 bits per heavy atom. The molecule has 0 saturated carbocycles. The molecule has 1 aliphatic heterocycles. The lowest BCUT2D eigenvalue weighted by atomic mass is 9.96. The summed E-state index contributed by atoms with van der Waals surface area (Å²) in [7, 11) is -2.09. The molecule has 1 fully saturated rings. The van der Waals surface area contributed by atoms with Crippen LogP contribution in [0.25, 0.3) is 0 Å². The van der Waals surface area contributed by atoms with Gasteiger partial charge in [0.25, 0.3) is 0 Å². The Labute approximate surface area is 298 Å². The van der Waals surface area contributed by atoms with Crippen molar-refractivity contribution in [3.63, 3.8) is 0 Å². The quantitative estimate of drug-likeness (QED) is 0.141. The summed E-state index contributed by atoms with van der Waals surface area (Å²) < 4.78 is 25.4. The van der Waals surface area contributed by atoms with Crippen LogP contribution in [0.2, 0.25) is 0 Å². The van der Waals surface area contributed by atoms with E-state index in [4.69, 9.17) is 9.26 Å². The van der Waals surface area contributed by atoms with Gasteiger partial charge in [-0.1, -0.05) is 71.9 Å². The molecule has 50 heavy (non-hydrogen) atoms. The minimum Gasteiger partial charge on any atom is -0.445 e. The monoisotopic (exact) mass is 721 g/mol. The number of likely N-dealkylation sites (N-methyl/N-ethyl adjacent to an activating group) is 1. The van der Waals surface area contributed by atoms with Crippen molar-refractivity contribution in [1.82, 2.24) is 26.2 Å². The fraction of sp³-hybridized carbons (Fsp3) is 0.694. The molecule has 2 rings (SSSR count). The van der Waals surface area contributed by atoms with E-state index in [2.05, 4.69) is 21.3 Å². The second kappa shape index (κ2) is 21.0. The van der Waals surface area contributed by atoms with Crippen molar-refractivity contribution in [3.05, 3.63) is 35.9 Å². The summed E-state index contributed by atoms with van der Waals surface area (Å²) in [5.74, 6) is -2.18. The van der Waals surface area contributed by atoms with E-state index in [1.165, 1.54) is 11.9 Å². The summed E-state index contributed by atoms with van der Waals surface area (Å²) >= 11 is 0. The largest absolute Gasteiger partial charge is 0.445 e. The number of carbonyl (C=O) groups excluding carboxylic acids is 5. The highest BCUT2D eigenvalue weighted by molar-refractivity contribution is 7.59. The van der Waals surface area contributed by atoms with Gasteiger partial charge in [-0.05, 0) is 62.3 Å². The van der Waals surface area contributed by atoms with Crippen molar-refractivity contribution in [3.8, 4) is 0 Å². The minimum absolute atomic E-state index is 0.0264. The fourth-order valence-electron chi connectivity index (χ4n) is 6.09. The molecule has 282 valence electrons. The van der Waals surface area contributed by atoms with E-state index in [9.17, 15) is 28.5 Å². The van der Waals surface area contributed by atoms with Crippen LogP contribution in [0, 0.1) is 23.7 Å². The molecule has 1 aromatic rings. The molecule has 1 aliphatic rings. The lowest BCUT2D eigenvalue weighted by Gasteiger charge is -2.28. The van der Waals surface area contributed by atoms with Gasteiger partial charge in [0.2, 0.25) is 31.0 Å². The predicted molar refractivity (Wildman–Crippen MR) is 193 cm³/mol. The van der Waals surface area contributed by atoms with E-state index >= 15 is 0 Å². The minimum atomic E-state index is -3.60. The topological polar surface area (TPSA) is 172 Å². The number of hydrogen-bond donors (Lipinski definition) is 4. The zero-order valence-corrected chi connectivity index (χ0v) is 32.1. The van der Waals surface area contributed by atoms with E-state index in [1.54, 1.807) is 6.92 Å². The Hall–Kier alpha value is -3.44. The molecule has 0 bridgehead atoms. The zero-order valence-electron chi connectivity index (χ0n) is 31.2. The van der Waals surface area contributed by atoms with Gasteiger partial charge in [-0.2, -0.15) is 0 Å². The van der Waals surface area contributed by atoms with Crippen LogP contribution < -0.4 is 21.3 Å². The van der Waals surface area contributed by atoms with Crippen molar-refractivity contribution < 1.29 is 37.8 Å². The van der Waals surface area contributed by atoms with Gasteiger partial charge < -0.3 is 30.5 Å². The SMILES string of the molecule is CCOP(=O)(CNC(=O)[C@H](CC(C)C)NC(=O)[C@H]1CCCN1C(=O)OCc1ccccc1)C[C@@H](CC(C)C)C(=O)N[C@@H](CC(C)C)C(=O)NC. The third-order valence-corrected chi connectivity index (χ3v) is 10.8. The van der Waals surface area contributed by atoms with Crippen LogP contribution in [0.15, 0.2) is 30.3 Å². The Balaban J connectivity index is 2.14. The highest BCUT2D eigenvalue weighted by Gasteiger charge is 2.38. The maximum Gasteiger partial charge on any atom is 0.410 e. The highest BCUT2D eigenvalue weighted by Crippen LogP contribution is 2.48. The molecular weight excluding hydrogens is 661 g/mol. The molecule has 1 saturated heterocycles. The third-order valence-electron chi connectivity index (χ3n) is 8.41. The molecule has 1 unspecified atom stereocenters. The Morgan fingerprint density at radius 2 is 1.46 bits per heavy atom. The first-order valence-electron chi connectivity index (χ1n) is 17.9.